The highest BCUT2D eigenvalue weighted by atomic mass is 16.1. The van der Waals surface area contributed by atoms with Gasteiger partial charge in [0.1, 0.15) is 5.82 Å². The number of aromatic nitrogens is 1. The minimum absolute atomic E-state index is 0.169. The number of rotatable bonds is 3. The highest BCUT2D eigenvalue weighted by Crippen LogP contribution is 2.11. The molecule has 0 radical (unpaired) electrons. The Balaban J connectivity index is 2.17. The lowest BCUT2D eigenvalue weighted by Gasteiger charge is -1.99. The maximum atomic E-state index is 11.9. The molecule has 0 bridgehead atoms. The van der Waals surface area contributed by atoms with Crippen molar-refractivity contribution in [2.45, 2.75) is 0 Å². The van der Waals surface area contributed by atoms with Gasteiger partial charge in [-0.3, -0.25) is 4.79 Å². The molecule has 2 rings (SSSR count). The number of ketones is 1. The number of hydrogen-bond donors (Lipinski definition) is 2. The number of hydrogen-bond acceptors (Lipinski definition) is 4. The molecule has 0 spiro atoms. The molecule has 0 atom stereocenters. The topological polar surface area (TPSA) is 82.0 Å². The monoisotopic (exact) mass is 239 g/mol. The van der Waals surface area contributed by atoms with Crippen LogP contribution in [0.25, 0.3) is 6.08 Å². The second kappa shape index (κ2) is 5.14. The molecule has 0 unspecified atom stereocenters. The number of nitrogen functional groups attached to an aromatic ring is 2. The van der Waals surface area contributed by atoms with Crippen LogP contribution in [0.1, 0.15) is 15.9 Å². The summed E-state index contributed by atoms with van der Waals surface area (Å²) in [6.45, 7) is 0. The van der Waals surface area contributed by atoms with Gasteiger partial charge in [-0.15, -0.1) is 0 Å². The van der Waals surface area contributed by atoms with Crippen molar-refractivity contribution in [2.75, 3.05) is 11.5 Å². The van der Waals surface area contributed by atoms with E-state index < -0.39 is 0 Å². The van der Waals surface area contributed by atoms with E-state index in [-0.39, 0.29) is 11.6 Å². The number of carbonyl (C=O) groups is 1. The van der Waals surface area contributed by atoms with Crippen molar-refractivity contribution in [3.63, 3.8) is 0 Å². The number of nitrogens with zero attached hydrogens (tertiary/aromatic N) is 1. The number of pyridine rings is 1. The van der Waals surface area contributed by atoms with E-state index in [0.29, 0.717) is 11.3 Å². The van der Waals surface area contributed by atoms with Crippen molar-refractivity contribution in [1.29, 1.82) is 0 Å². The van der Waals surface area contributed by atoms with Crippen LogP contribution in [0.2, 0.25) is 0 Å². The summed E-state index contributed by atoms with van der Waals surface area (Å²) in [6.07, 6.45) is 4.74. The van der Waals surface area contributed by atoms with Gasteiger partial charge in [0.25, 0.3) is 0 Å². The van der Waals surface area contributed by atoms with Crippen LogP contribution >= 0.6 is 0 Å². The zero-order valence-electron chi connectivity index (χ0n) is 9.71. The molecule has 0 saturated carbocycles. The smallest absolute Gasteiger partial charge is 0.189 e. The molecule has 90 valence electrons. The molecule has 1 aromatic heterocycles. The zero-order chi connectivity index (χ0) is 13.0. The Kier molecular flexibility index (Phi) is 3.38. The predicted molar refractivity (Wildman–Crippen MR) is 72.9 cm³/mol. The van der Waals surface area contributed by atoms with Gasteiger partial charge in [-0.1, -0.05) is 18.2 Å². The van der Waals surface area contributed by atoms with Gasteiger partial charge in [-0.2, -0.15) is 0 Å². The van der Waals surface area contributed by atoms with Gasteiger partial charge in [0.2, 0.25) is 0 Å². The molecule has 1 aromatic carbocycles. The van der Waals surface area contributed by atoms with Crippen LogP contribution in [0.15, 0.2) is 48.7 Å². The van der Waals surface area contributed by atoms with Crippen molar-refractivity contribution in [1.82, 2.24) is 4.98 Å². The average molecular weight is 239 g/mol. The first kappa shape index (κ1) is 11.9. The van der Waals surface area contributed by atoms with Crippen LogP contribution < -0.4 is 11.5 Å². The Morgan fingerprint density at radius 1 is 1.11 bits per heavy atom. The average Bonchev–Trinajstić information content (AvgIpc) is 2.38. The second-order valence-electron chi connectivity index (χ2n) is 3.80. The van der Waals surface area contributed by atoms with Crippen LogP contribution in [0.3, 0.4) is 0 Å². The van der Waals surface area contributed by atoms with Gasteiger partial charge >= 0.3 is 0 Å². The van der Waals surface area contributed by atoms with Crippen molar-refractivity contribution < 1.29 is 4.79 Å². The van der Waals surface area contributed by atoms with Crippen LogP contribution in [-0.2, 0) is 0 Å². The van der Waals surface area contributed by atoms with E-state index in [2.05, 4.69) is 4.98 Å². The Labute approximate surface area is 105 Å². The van der Waals surface area contributed by atoms with E-state index in [0.717, 1.165) is 5.56 Å². The van der Waals surface area contributed by atoms with E-state index in [9.17, 15) is 4.79 Å². The van der Waals surface area contributed by atoms with Crippen molar-refractivity contribution >= 4 is 23.4 Å². The molecular weight excluding hydrogens is 226 g/mol. The summed E-state index contributed by atoms with van der Waals surface area (Å²) in [6, 6.07) is 10.6. The zero-order valence-corrected chi connectivity index (χ0v) is 9.71. The van der Waals surface area contributed by atoms with E-state index in [1.54, 1.807) is 36.5 Å². The molecular formula is C14H13N3O. The molecule has 4 heteroatoms. The summed E-state index contributed by atoms with van der Waals surface area (Å²) in [7, 11) is 0. The van der Waals surface area contributed by atoms with Gasteiger partial charge in [-0.25, -0.2) is 4.98 Å². The normalized spacial score (nSPS) is 10.7. The summed E-state index contributed by atoms with van der Waals surface area (Å²) in [5.74, 6) is 0.0712. The van der Waals surface area contributed by atoms with Gasteiger partial charge in [0.05, 0.1) is 5.56 Å². The third kappa shape index (κ3) is 2.74. The highest BCUT2D eigenvalue weighted by molar-refractivity contribution is 6.09. The van der Waals surface area contributed by atoms with Gasteiger partial charge < -0.3 is 11.5 Å². The number of benzene rings is 1. The van der Waals surface area contributed by atoms with Gasteiger partial charge in [-0.05, 0) is 35.9 Å². The summed E-state index contributed by atoms with van der Waals surface area (Å²) in [5, 5.41) is 0. The molecule has 0 amide bonds. The first-order valence-corrected chi connectivity index (χ1v) is 5.45. The van der Waals surface area contributed by atoms with E-state index >= 15 is 0 Å². The second-order valence-corrected chi connectivity index (χ2v) is 3.80. The largest absolute Gasteiger partial charge is 0.399 e. The van der Waals surface area contributed by atoms with Crippen molar-refractivity contribution in [3.05, 3.63) is 59.8 Å². The standard InChI is InChI=1S/C14H13N3O/c15-11-6-3-10(4-7-11)5-8-13(18)12-2-1-9-17-14(12)16/h1-9H,15H2,(H2,16,17)/b8-5+. The fourth-order valence-electron chi connectivity index (χ4n) is 1.49. The molecule has 0 saturated heterocycles. The summed E-state index contributed by atoms with van der Waals surface area (Å²) >= 11 is 0. The fraction of sp³-hybridized carbons (Fsp3) is 0. The maximum absolute atomic E-state index is 11.9. The molecule has 0 aliphatic rings. The Bertz CT molecular complexity index is 588. The molecule has 2 aromatic rings. The number of allylic oxidation sites excluding steroid dienone is 1. The third-order valence-corrected chi connectivity index (χ3v) is 2.47. The lowest BCUT2D eigenvalue weighted by atomic mass is 10.1. The number of anilines is 2. The Morgan fingerprint density at radius 2 is 1.83 bits per heavy atom. The minimum atomic E-state index is -0.169. The van der Waals surface area contributed by atoms with Crippen LogP contribution in [0, 0.1) is 0 Å². The SMILES string of the molecule is Nc1ccc(/C=C/C(=O)c2cccnc2N)cc1. The van der Waals surface area contributed by atoms with Crippen LogP contribution in [0.4, 0.5) is 11.5 Å². The quantitative estimate of drug-likeness (QED) is 0.488. The van der Waals surface area contributed by atoms with Gasteiger partial charge in [0, 0.05) is 11.9 Å². The number of carbonyl (C=O) groups excluding carboxylic acids is 1. The molecule has 4 nitrogen and oxygen atoms in total. The first-order valence-electron chi connectivity index (χ1n) is 5.45. The summed E-state index contributed by atoms with van der Waals surface area (Å²) in [4.78, 5) is 15.7. The molecule has 1 heterocycles. The van der Waals surface area contributed by atoms with E-state index in [4.69, 9.17) is 11.5 Å². The molecule has 4 N–H and O–H groups in total. The lowest BCUT2D eigenvalue weighted by molar-refractivity contribution is 0.104. The van der Waals surface area contributed by atoms with E-state index in [1.165, 1.54) is 6.08 Å². The highest BCUT2D eigenvalue weighted by Gasteiger charge is 2.05. The van der Waals surface area contributed by atoms with E-state index in [1.807, 2.05) is 12.1 Å². The molecule has 0 fully saturated rings. The molecule has 0 aliphatic carbocycles. The summed E-state index contributed by atoms with van der Waals surface area (Å²) in [5.41, 5.74) is 13.2. The first-order chi connectivity index (χ1) is 8.66. The molecule has 18 heavy (non-hydrogen) atoms. The molecule has 0 aliphatic heterocycles. The van der Waals surface area contributed by atoms with Gasteiger partial charge in [0.15, 0.2) is 5.78 Å². The maximum Gasteiger partial charge on any atom is 0.189 e. The minimum Gasteiger partial charge on any atom is -0.399 e. The van der Waals surface area contributed by atoms with Crippen LogP contribution in [0.5, 0.6) is 0 Å². The predicted octanol–water partition coefficient (Wildman–Crippen LogP) is 2.14. The Hall–Kier alpha value is -2.62. The summed E-state index contributed by atoms with van der Waals surface area (Å²) < 4.78 is 0. The van der Waals surface area contributed by atoms with Crippen molar-refractivity contribution in [3.8, 4) is 0 Å². The van der Waals surface area contributed by atoms with Crippen LogP contribution in [-0.4, -0.2) is 10.8 Å². The lowest BCUT2D eigenvalue weighted by Crippen LogP contribution is -2.02. The number of nitrogens with two attached hydrogens (primary N) is 2. The van der Waals surface area contributed by atoms with Crippen molar-refractivity contribution in [2.24, 2.45) is 0 Å². The Morgan fingerprint density at radius 3 is 2.50 bits per heavy atom. The third-order valence-electron chi connectivity index (χ3n) is 2.47. The fourth-order valence-corrected chi connectivity index (χ4v) is 1.49.